The van der Waals surface area contributed by atoms with Crippen LogP contribution in [0, 0.1) is 0 Å². The molecule has 0 fully saturated rings. The number of rotatable bonds is 10. The number of carbonyl (C=O) groups is 2. The number of nitrogens with zero attached hydrogens (tertiary/aromatic N) is 2. The number of nitrogens with one attached hydrogen (secondary N) is 3. The molecule has 1 aromatic heterocycles. The molecule has 0 saturated carbocycles. The number of thiazole rings is 1. The summed E-state index contributed by atoms with van der Waals surface area (Å²) in [6.45, 7) is 1.63. The lowest BCUT2D eigenvalue weighted by Gasteiger charge is -2.10. The Morgan fingerprint density at radius 1 is 1.22 bits per heavy atom. The van der Waals surface area contributed by atoms with Crippen LogP contribution in [-0.2, 0) is 4.79 Å². The molecule has 2 aromatic rings. The Balaban J connectivity index is 1.76. The van der Waals surface area contributed by atoms with Crippen molar-refractivity contribution >= 4 is 34.0 Å². The van der Waals surface area contributed by atoms with Gasteiger partial charge in [0.25, 0.3) is 5.91 Å². The van der Waals surface area contributed by atoms with Crippen molar-refractivity contribution in [3.05, 3.63) is 35.3 Å². The lowest BCUT2D eigenvalue weighted by molar-refractivity contribution is -0.120. The molecule has 0 aliphatic carbocycles. The Bertz CT molecular complexity index is 763. The molecule has 0 saturated heterocycles. The number of hydrogen-bond acceptors (Lipinski definition) is 7. The van der Waals surface area contributed by atoms with Crippen LogP contribution in [-0.4, -0.2) is 62.5 Å². The van der Waals surface area contributed by atoms with Gasteiger partial charge in [0.05, 0.1) is 7.11 Å². The number of hydrogen-bond donors (Lipinski definition) is 3. The second-order valence-electron chi connectivity index (χ2n) is 6.05. The number of benzene rings is 1. The highest BCUT2D eigenvalue weighted by Crippen LogP contribution is 2.23. The van der Waals surface area contributed by atoms with Gasteiger partial charge in [0, 0.05) is 43.2 Å². The Morgan fingerprint density at radius 3 is 2.78 bits per heavy atom. The fourth-order valence-electron chi connectivity index (χ4n) is 2.15. The molecule has 1 heterocycles. The zero-order chi connectivity index (χ0) is 19.6. The van der Waals surface area contributed by atoms with Crippen molar-refractivity contribution in [3.63, 3.8) is 0 Å². The topological polar surface area (TPSA) is 95.6 Å². The molecular formula is C18H25N5O3S. The first kappa shape index (κ1) is 20.7. The monoisotopic (exact) mass is 391 g/mol. The maximum absolute atomic E-state index is 12.1. The molecular weight excluding hydrogens is 366 g/mol. The summed E-state index contributed by atoms with van der Waals surface area (Å²) >= 11 is 1.33. The number of aromatic nitrogens is 1. The van der Waals surface area contributed by atoms with E-state index in [0.717, 1.165) is 18.0 Å². The first-order chi connectivity index (χ1) is 13.0. The Labute approximate surface area is 162 Å². The van der Waals surface area contributed by atoms with Crippen molar-refractivity contribution in [2.75, 3.05) is 46.2 Å². The highest BCUT2D eigenvalue weighted by Gasteiger charge is 2.11. The van der Waals surface area contributed by atoms with E-state index in [-0.39, 0.29) is 24.8 Å². The highest BCUT2D eigenvalue weighted by molar-refractivity contribution is 7.14. The molecule has 2 amide bonds. The number of ether oxygens (including phenoxy) is 1. The third kappa shape index (κ3) is 7.24. The van der Waals surface area contributed by atoms with Crippen LogP contribution < -0.4 is 20.7 Å². The first-order valence-corrected chi connectivity index (χ1v) is 9.42. The third-order valence-electron chi connectivity index (χ3n) is 3.58. The van der Waals surface area contributed by atoms with E-state index >= 15 is 0 Å². The van der Waals surface area contributed by atoms with Gasteiger partial charge >= 0.3 is 0 Å². The molecule has 146 valence electrons. The van der Waals surface area contributed by atoms with E-state index in [1.807, 2.05) is 43.3 Å². The van der Waals surface area contributed by atoms with Gasteiger partial charge in [-0.3, -0.25) is 9.59 Å². The molecule has 0 spiro atoms. The summed E-state index contributed by atoms with van der Waals surface area (Å²) in [5.41, 5.74) is 1.14. The average Bonchev–Trinajstić information content (AvgIpc) is 3.10. The highest BCUT2D eigenvalue weighted by atomic mass is 32.1. The van der Waals surface area contributed by atoms with E-state index in [1.165, 1.54) is 11.3 Å². The molecule has 1 aromatic carbocycles. The molecule has 9 heteroatoms. The Kier molecular flexibility index (Phi) is 8.02. The number of methoxy groups -OCH3 is 1. The quantitative estimate of drug-likeness (QED) is 0.571. The third-order valence-corrected chi connectivity index (χ3v) is 4.33. The first-order valence-electron chi connectivity index (χ1n) is 8.54. The lowest BCUT2D eigenvalue weighted by Crippen LogP contribution is -2.34. The second-order valence-corrected chi connectivity index (χ2v) is 6.91. The van der Waals surface area contributed by atoms with E-state index in [9.17, 15) is 9.59 Å². The molecule has 8 nitrogen and oxygen atoms in total. The van der Waals surface area contributed by atoms with Crippen LogP contribution in [0.15, 0.2) is 29.6 Å². The van der Waals surface area contributed by atoms with Gasteiger partial charge in [-0.2, -0.15) is 0 Å². The predicted molar refractivity (Wildman–Crippen MR) is 107 cm³/mol. The van der Waals surface area contributed by atoms with Crippen LogP contribution in [0.3, 0.4) is 0 Å². The van der Waals surface area contributed by atoms with Gasteiger partial charge in [0.1, 0.15) is 11.4 Å². The van der Waals surface area contributed by atoms with Gasteiger partial charge in [-0.15, -0.1) is 11.3 Å². The smallest absolute Gasteiger partial charge is 0.270 e. The largest absolute Gasteiger partial charge is 0.497 e. The van der Waals surface area contributed by atoms with Gasteiger partial charge in [0.15, 0.2) is 5.13 Å². The molecule has 2 rings (SSSR count). The zero-order valence-corrected chi connectivity index (χ0v) is 16.6. The number of likely N-dealkylation sites (N-methyl/N-ethyl adjacent to an activating group) is 1. The normalized spacial score (nSPS) is 10.5. The molecule has 0 atom stereocenters. The van der Waals surface area contributed by atoms with Crippen LogP contribution in [0.5, 0.6) is 5.75 Å². The van der Waals surface area contributed by atoms with Crippen LogP contribution in [0.25, 0.3) is 0 Å². The predicted octanol–water partition coefficient (Wildman–Crippen LogP) is 1.69. The fraction of sp³-hybridized carbons (Fsp3) is 0.389. The molecule has 3 N–H and O–H groups in total. The van der Waals surface area contributed by atoms with Gasteiger partial charge in [-0.25, -0.2) is 4.98 Å². The van der Waals surface area contributed by atoms with Crippen molar-refractivity contribution in [1.29, 1.82) is 0 Å². The van der Waals surface area contributed by atoms with Crippen molar-refractivity contribution < 1.29 is 14.3 Å². The van der Waals surface area contributed by atoms with Crippen molar-refractivity contribution in [3.8, 4) is 5.75 Å². The summed E-state index contributed by atoms with van der Waals surface area (Å²) in [6.07, 6.45) is 0.234. The molecule has 27 heavy (non-hydrogen) atoms. The van der Waals surface area contributed by atoms with E-state index in [0.29, 0.717) is 17.4 Å². The summed E-state index contributed by atoms with van der Waals surface area (Å²) in [4.78, 5) is 30.1. The standard InChI is InChI=1S/C18H25N5O3S/c1-23(2)10-9-19-16(24)7-8-20-17(25)15-12-27-18(22-15)21-13-5-4-6-14(11-13)26-3/h4-6,11-12H,7-10H2,1-3H3,(H,19,24)(H,20,25)(H,21,22). The minimum atomic E-state index is -0.300. The van der Waals surface area contributed by atoms with Gasteiger partial charge in [0.2, 0.25) is 5.91 Å². The maximum atomic E-state index is 12.1. The maximum Gasteiger partial charge on any atom is 0.270 e. The summed E-state index contributed by atoms with van der Waals surface area (Å²) < 4.78 is 5.18. The van der Waals surface area contributed by atoms with Gasteiger partial charge in [-0.1, -0.05) is 6.07 Å². The number of anilines is 2. The summed E-state index contributed by atoms with van der Waals surface area (Å²) in [5.74, 6) is 0.347. The molecule has 0 aliphatic heterocycles. The summed E-state index contributed by atoms with van der Waals surface area (Å²) in [6, 6.07) is 7.45. The second kappa shape index (κ2) is 10.5. The minimum Gasteiger partial charge on any atom is -0.497 e. The number of carbonyl (C=O) groups excluding carboxylic acids is 2. The van der Waals surface area contributed by atoms with Gasteiger partial charge in [-0.05, 0) is 26.2 Å². The number of amides is 2. The Morgan fingerprint density at radius 2 is 2.04 bits per heavy atom. The zero-order valence-electron chi connectivity index (χ0n) is 15.7. The molecule has 0 unspecified atom stereocenters. The summed E-state index contributed by atoms with van der Waals surface area (Å²) in [5, 5.41) is 10.9. The van der Waals surface area contributed by atoms with Gasteiger partial charge < -0.3 is 25.6 Å². The van der Waals surface area contributed by atoms with Crippen molar-refractivity contribution in [2.24, 2.45) is 0 Å². The van der Waals surface area contributed by atoms with E-state index < -0.39 is 0 Å². The van der Waals surface area contributed by atoms with Crippen LogP contribution >= 0.6 is 11.3 Å². The SMILES string of the molecule is COc1cccc(Nc2nc(C(=O)NCCC(=O)NCCN(C)C)cs2)c1. The van der Waals surface area contributed by atoms with Crippen LogP contribution in [0.1, 0.15) is 16.9 Å². The van der Waals surface area contributed by atoms with Crippen LogP contribution in [0.4, 0.5) is 10.8 Å². The fourth-order valence-corrected chi connectivity index (χ4v) is 2.86. The van der Waals surface area contributed by atoms with Crippen molar-refractivity contribution in [2.45, 2.75) is 6.42 Å². The van der Waals surface area contributed by atoms with E-state index in [4.69, 9.17) is 4.74 Å². The minimum absolute atomic E-state index is 0.0872. The molecule has 0 radical (unpaired) electrons. The lowest BCUT2D eigenvalue weighted by atomic mass is 10.3. The van der Waals surface area contributed by atoms with E-state index in [1.54, 1.807) is 12.5 Å². The van der Waals surface area contributed by atoms with Crippen molar-refractivity contribution in [1.82, 2.24) is 20.5 Å². The van der Waals surface area contributed by atoms with E-state index in [2.05, 4.69) is 20.9 Å². The Hall–Kier alpha value is -2.65. The molecule has 0 bridgehead atoms. The summed E-state index contributed by atoms with van der Waals surface area (Å²) in [7, 11) is 5.49. The molecule has 0 aliphatic rings. The average molecular weight is 391 g/mol. The van der Waals surface area contributed by atoms with Crippen LogP contribution in [0.2, 0.25) is 0 Å².